The number of fused-ring (bicyclic) bond motifs is 2. The molecule has 0 aliphatic heterocycles. The Morgan fingerprint density at radius 2 is 1.71 bits per heavy atom. The average molecular weight is 278 g/mol. The van der Waals surface area contributed by atoms with E-state index in [-0.39, 0.29) is 6.04 Å². The van der Waals surface area contributed by atoms with E-state index in [1.165, 1.54) is 0 Å². The second kappa shape index (κ2) is 4.66. The number of nitrogens with zero attached hydrogens (tertiary/aromatic N) is 1. The number of hydrogen-bond acceptors (Lipinski definition) is 4. The van der Waals surface area contributed by atoms with Crippen molar-refractivity contribution in [3.63, 3.8) is 0 Å². The van der Waals surface area contributed by atoms with E-state index in [1.807, 2.05) is 61.5 Å². The molecule has 104 valence electrons. The summed E-state index contributed by atoms with van der Waals surface area (Å²) in [6.07, 6.45) is 0. The fraction of sp³-hybridized carbons (Fsp3) is 0.118. The maximum atomic E-state index is 5.84. The maximum Gasteiger partial charge on any atom is 0.296 e. The van der Waals surface area contributed by atoms with Gasteiger partial charge >= 0.3 is 0 Å². The Balaban J connectivity index is 1.63. The lowest BCUT2D eigenvalue weighted by Crippen LogP contribution is -2.05. The van der Waals surface area contributed by atoms with Crippen molar-refractivity contribution < 1.29 is 8.83 Å². The molecule has 0 saturated carbocycles. The first kappa shape index (κ1) is 12.0. The van der Waals surface area contributed by atoms with Crippen LogP contribution in [-0.4, -0.2) is 4.98 Å². The average Bonchev–Trinajstić information content (AvgIpc) is 3.10. The van der Waals surface area contributed by atoms with Crippen molar-refractivity contribution in [1.29, 1.82) is 0 Å². The lowest BCUT2D eigenvalue weighted by atomic mass is 10.2. The van der Waals surface area contributed by atoms with Crippen molar-refractivity contribution in [1.82, 2.24) is 4.98 Å². The van der Waals surface area contributed by atoms with Crippen LogP contribution in [0.2, 0.25) is 0 Å². The van der Waals surface area contributed by atoms with E-state index in [1.54, 1.807) is 0 Å². The highest BCUT2D eigenvalue weighted by Gasteiger charge is 2.14. The third kappa shape index (κ3) is 2.14. The molecule has 2 heterocycles. The molecule has 0 amide bonds. The minimum atomic E-state index is -0.0227. The topological polar surface area (TPSA) is 51.2 Å². The molecule has 0 aliphatic rings. The van der Waals surface area contributed by atoms with Gasteiger partial charge in [0.15, 0.2) is 5.58 Å². The van der Waals surface area contributed by atoms with Gasteiger partial charge in [-0.3, -0.25) is 0 Å². The number of nitrogens with one attached hydrogen (secondary N) is 1. The van der Waals surface area contributed by atoms with Crippen LogP contribution in [0.3, 0.4) is 0 Å². The highest BCUT2D eigenvalue weighted by atomic mass is 16.4. The molecule has 4 aromatic rings. The first-order valence-corrected chi connectivity index (χ1v) is 6.90. The number of hydrogen-bond donors (Lipinski definition) is 1. The number of anilines is 1. The van der Waals surface area contributed by atoms with E-state index in [4.69, 9.17) is 8.83 Å². The Labute approximate surface area is 121 Å². The van der Waals surface area contributed by atoms with E-state index in [2.05, 4.69) is 10.3 Å². The molecular formula is C17H14N2O2. The first-order chi connectivity index (χ1) is 10.3. The van der Waals surface area contributed by atoms with E-state index in [0.717, 1.165) is 27.8 Å². The maximum absolute atomic E-state index is 5.84. The third-order valence-electron chi connectivity index (χ3n) is 3.51. The largest absolute Gasteiger partial charge is 0.459 e. The number of furan rings is 1. The van der Waals surface area contributed by atoms with Crippen molar-refractivity contribution in [3.8, 4) is 0 Å². The van der Waals surface area contributed by atoms with Crippen LogP contribution in [0.5, 0.6) is 0 Å². The highest BCUT2D eigenvalue weighted by molar-refractivity contribution is 5.78. The fourth-order valence-corrected chi connectivity index (χ4v) is 2.41. The first-order valence-electron chi connectivity index (χ1n) is 6.90. The molecule has 0 fully saturated rings. The molecule has 4 rings (SSSR count). The van der Waals surface area contributed by atoms with Crippen LogP contribution in [0.1, 0.15) is 18.7 Å². The monoisotopic (exact) mass is 278 g/mol. The Morgan fingerprint density at radius 1 is 0.952 bits per heavy atom. The van der Waals surface area contributed by atoms with Gasteiger partial charge < -0.3 is 14.2 Å². The molecule has 0 spiro atoms. The van der Waals surface area contributed by atoms with Crippen molar-refractivity contribution in [2.75, 3.05) is 5.32 Å². The third-order valence-corrected chi connectivity index (χ3v) is 3.51. The van der Waals surface area contributed by atoms with Gasteiger partial charge in [0.05, 0.1) is 6.04 Å². The summed E-state index contributed by atoms with van der Waals surface area (Å²) in [6.45, 7) is 2.02. The van der Waals surface area contributed by atoms with Crippen LogP contribution < -0.4 is 5.32 Å². The van der Waals surface area contributed by atoms with Gasteiger partial charge in [0.2, 0.25) is 0 Å². The van der Waals surface area contributed by atoms with Crippen molar-refractivity contribution >= 4 is 28.1 Å². The summed E-state index contributed by atoms with van der Waals surface area (Å²) in [5, 5.41) is 4.33. The van der Waals surface area contributed by atoms with Gasteiger partial charge in [-0.2, -0.15) is 4.98 Å². The molecule has 0 aliphatic carbocycles. The van der Waals surface area contributed by atoms with Crippen LogP contribution in [-0.2, 0) is 0 Å². The molecule has 0 bridgehead atoms. The minimum absolute atomic E-state index is 0.0227. The highest BCUT2D eigenvalue weighted by Crippen LogP contribution is 2.27. The predicted octanol–water partition coefficient (Wildman–Crippen LogP) is 4.75. The van der Waals surface area contributed by atoms with Crippen LogP contribution in [0.15, 0.2) is 63.4 Å². The van der Waals surface area contributed by atoms with Gasteiger partial charge in [-0.25, -0.2) is 0 Å². The van der Waals surface area contributed by atoms with E-state index >= 15 is 0 Å². The molecule has 21 heavy (non-hydrogen) atoms. The molecule has 0 unspecified atom stereocenters. The van der Waals surface area contributed by atoms with Crippen molar-refractivity contribution in [3.05, 3.63) is 60.4 Å². The lowest BCUT2D eigenvalue weighted by molar-refractivity contribution is 0.514. The van der Waals surface area contributed by atoms with Gasteiger partial charge in [-0.05, 0) is 31.2 Å². The summed E-state index contributed by atoms with van der Waals surface area (Å²) in [7, 11) is 0. The Bertz CT molecular complexity index is 841. The van der Waals surface area contributed by atoms with E-state index < -0.39 is 0 Å². The van der Waals surface area contributed by atoms with Crippen LogP contribution >= 0.6 is 0 Å². The van der Waals surface area contributed by atoms with Crippen molar-refractivity contribution in [2.45, 2.75) is 13.0 Å². The smallest absolute Gasteiger partial charge is 0.296 e. The second-order valence-electron chi connectivity index (χ2n) is 5.04. The zero-order valence-corrected chi connectivity index (χ0v) is 11.5. The van der Waals surface area contributed by atoms with Crippen LogP contribution in [0.4, 0.5) is 6.01 Å². The van der Waals surface area contributed by atoms with E-state index in [9.17, 15) is 0 Å². The molecule has 0 radical (unpaired) electrons. The Morgan fingerprint density at radius 3 is 2.52 bits per heavy atom. The molecule has 2 aromatic heterocycles. The molecule has 0 saturated heterocycles. The minimum Gasteiger partial charge on any atom is -0.459 e. The Hall–Kier alpha value is -2.75. The Kier molecular flexibility index (Phi) is 2.67. The summed E-state index contributed by atoms with van der Waals surface area (Å²) in [4.78, 5) is 4.41. The summed E-state index contributed by atoms with van der Waals surface area (Å²) >= 11 is 0. The number of rotatable bonds is 3. The van der Waals surface area contributed by atoms with Gasteiger partial charge in [-0.15, -0.1) is 0 Å². The number of oxazole rings is 1. The number of benzene rings is 2. The second-order valence-corrected chi connectivity index (χ2v) is 5.04. The lowest BCUT2D eigenvalue weighted by Gasteiger charge is -2.08. The summed E-state index contributed by atoms with van der Waals surface area (Å²) in [5.74, 6) is 0.860. The quantitative estimate of drug-likeness (QED) is 0.587. The summed E-state index contributed by atoms with van der Waals surface area (Å²) < 4.78 is 11.5. The van der Waals surface area contributed by atoms with Crippen LogP contribution in [0.25, 0.3) is 22.1 Å². The zero-order valence-electron chi connectivity index (χ0n) is 11.5. The SMILES string of the molecule is C[C@@H](Nc1nc2ccccc2o1)c1cc2ccccc2o1. The summed E-state index contributed by atoms with van der Waals surface area (Å²) in [5.41, 5.74) is 2.51. The van der Waals surface area contributed by atoms with Gasteiger partial charge in [0.25, 0.3) is 6.01 Å². The summed E-state index contributed by atoms with van der Waals surface area (Å²) in [6, 6.07) is 18.2. The van der Waals surface area contributed by atoms with Crippen molar-refractivity contribution in [2.24, 2.45) is 0 Å². The van der Waals surface area contributed by atoms with Gasteiger partial charge in [0.1, 0.15) is 16.9 Å². The molecule has 4 heteroatoms. The standard InChI is InChI=1S/C17H14N2O2/c1-11(16-10-12-6-2-4-8-14(12)20-16)18-17-19-13-7-3-5-9-15(13)21-17/h2-11H,1H3,(H,18,19)/t11-/m1/s1. The molecular weight excluding hydrogens is 264 g/mol. The van der Waals surface area contributed by atoms with E-state index in [0.29, 0.717) is 6.01 Å². The molecule has 4 nitrogen and oxygen atoms in total. The van der Waals surface area contributed by atoms with Gasteiger partial charge in [-0.1, -0.05) is 30.3 Å². The fourth-order valence-electron chi connectivity index (χ4n) is 2.41. The molecule has 1 atom stereocenters. The molecule has 2 aromatic carbocycles. The zero-order chi connectivity index (χ0) is 14.2. The normalized spacial score (nSPS) is 12.8. The number of para-hydroxylation sites is 3. The van der Waals surface area contributed by atoms with Gasteiger partial charge in [0, 0.05) is 5.39 Å². The number of aromatic nitrogens is 1. The molecule has 1 N–H and O–H groups in total. The predicted molar refractivity (Wildman–Crippen MR) is 82.3 cm³/mol. The van der Waals surface area contributed by atoms with Crippen LogP contribution in [0, 0.1) is 0 Å².